The summed E-state index contributed by atoms with van der Waals surface area (Å²) in [4.78, 5) is 0. The zero-order valence-electron chi connectivity index (χ0n) is 6.28. The van der Waals surface area contributed by atoms with Crippen molar-refractivity contribution in [3.05, 3.63) is 0 Å². The smallest absolute Gasteiger partial charge is 0.0906 e. The van der Waals surface area contributed by atoms with Crippen LogP contribution in [0.3, 0.4) is 0 Å². The lowest BCUT2D eigenvalue weighted by Crippen LogP contribution is -2.26. The first-order chi connectivity index (χ1) is 4.31. The second-order valence-electron chi connectivity index (χ2n) is 2.31. The van der Waals surface area contributed by atoms with E-state index in [9.17, 15) is 4.39 Å². The molecule has 1 nitrogen and oxygen atoms in total. The highest BCUT2D eigenvalue weighted by Gasteiger charge is 1.94. The number of hydrogen-bond donors (Lipinski definition) is 1. The van der Waals surface area contributed by atoms with Crippen LogP contribution in [0.2, 0.25) is 0 Å². The van der Waals surface area contributed by atoms with Gasteiger partial charge < -0.3 is 5.32 Å². The molecule has 1 atom stereocenters. The Kier molecular flexibility index (Phi) is 5.94. The fourth-order valence-electron chi connectivity index (χ4n) is 0.560. The third-order valence-electron chi connectivity index (χ3n) is 1.42. The van der Waals surface area contributed by atoms with Crippen LogP contribution in [-0.2, 0) is 0 Å². The lowest BCUT2D eigenvalue weighted by atomic mass is 10.2. The van der Waals surface area contributed by atoms with Crippen molar-refractivity contribution in [3.63, 3.8) is 0 Å². The molecule has 0 aliphatic heterocycles. The minimum absolute atomic E-state index is 0.205. The monoisotopic (exact) mass is 133 g/mol. The Hall–Kier alpha value is -0.110. The van der Waals surface area contributed by atoms with Gasteiger partial charge in [0.1, 0.15) is 0 Å². The van der Waals surface area contributed by atoms with Crippen molar-refractivity contribution in [2.45, 2.75) is 32.7 Å². The van der Waals surface area contributed by atoms with Crippen LogP contribution in [0.1, 0.15) is 26.7 Å². The molecule has 0 saturated heterocycles. The lowest BCUT2D eigenvalue weighted by Gasteiger charge is -2.08. The molecule has 0 amide bonds. The van der Waals surface area contributed by atoms with Crippen LogP contribution in [0.4, 0.5) is 4.39 Å². The van der Waals surface area contributed by atoms with Crippen LogP contribution in [0, 0.1) is 0 Å². The molecular formula is C7H16FN. The van der Waals surface area contributed by atoms with Gasteiger partial charge in [-0.3, -0.25) is 4.39 Å². The van der Waals surface area contributed by atoms with E-state index < -0.39 is 0 Å². The third-order valence-corrected chi connectivity index (χ3v) is 1.42. The summed E-state index contributed by atoms with van der Waals surface area (Å²) in [6.07, 6.45) is 1.76. The lowest BCUT2D eigenvalue weighted by molar-refractivity contribution is 0.439. The predicted molar refractivity (Wildman–Crippen MR) is 38.3 cm³/mol. The quantitative estimate of drug-likeness (QED) is 0.563. The van der Waals surface area contributed by atoms with Gasteiger partial charge in [-0.1, -0.05) is 6.92 Å². The number of nitrogens with one attached hydrogen (secondary N) is 1. The highest BCUT2D eigenvalue weighted by molar-refractivity contribution is 4.56. The average molecular weight is 133 g/mol. The molecule has 0 fully saturated rings. The molecular weight excluding hydrogens is 117 g/mol. The molecule has 0 saturated carbocycles. The molecule has 0 spiro atoms. The zero-order chi connectivity index (χ0) is 7.11. The predicted octanol–water partition coefficient (Wildman–Crippen LogP) is 1.73. The van der Waals surface area contributed by atoms with E-state index in [0.29, 0.717) is 12.5 Å². The van der Waals surface area contributed by atoms with E-state index in [-0.39, 0.29) is 6.67 Å². The molecule has 0 heterocycles. The normalized spacial score (nSPS) is 13.7. The molecule has 9 heavy (non-hydrogen) atoms. The Balaban J connectivity index is 2.88. The van der Waals surface area contributed by atoms with Gasteiger partial charge in [-0.05, 0) is 26.3 Å². The second-order valence-corrected chi connectivity index (χ2v) is 2.31. The maximum Gasteiger partial charge on any atom is 0.0906 e. The minimum Gasteiger partial charge on any atom is -0.314 e. The number of hydrogen-bond acceptors (Lipinski definition) is 1. The Morgan fingerprint density at radius 2 is 2.22 bits per heavy atom. The van der Waals surface area contributed by atoms with Gasteiger partial charge in [-0.25, -0.2) is 0 Å². The third kappa shape index (κ3) is 5.77. The van der Waals surface area contributed by atoms with Gasteiger partial charge in [0.05, 0.1) is 6.67 Å². The highest BCUT2D eigenvalue weighted by atomic mass is 19.1. The first-order valence-corrected chi connectivity index (χ1v) is 3.60. The molecule has 1 unspecified atom stereocenters. The van der Waals surface area contributed by atoms with Gasteiger partial charge >= 0.3 is 0 Å². The van der Waals surface area contributed by atoms with Crippen LogP contribution in [0.15, 0.2) is 0 Å². The van der Waals surface area contributed by atoms with Gasteiger partial charge in [-0.15, -0.1) is 0 Å². The summed E-state index contributed by atoms with van der Waals surface area (Å²) in [5.41, 5.74) is 0. The molecule has 0 rings (SSSR count). The topological polar surface area (TPSA) is 12.0 Å². The van der Waals surface area contributed by atoms with Crippen molar-refractivity contribution >= 4 is 0 Å². The Labute approximate surface area is 56.6 Å². The Bertz CT molecular complexity index is 56.9. The molecule has 1 N–H and O–H groups in total. The van der Waals surface area contributed by atoms with Crippen LogP contribution in [0.25, 0.3) is 0 Å². The largest absolute Gasteiger partial charge is 0.314 e. The summed E-state index contributed by atoms with van der Waals surface area (Å²) in [6.45, 7) is 4.83. The van der Waals surface area contributed by atoms with Crippen molar-refractivity contribution < 1.29 is 4.39 Å². The Morgan fingerprint density at radius 3 is 2.67 bits per heavy atom. The number of rotatable bonds is 5. The molecule has 0 aliphatic rings. The van der Waals surface area contributed by atoms with Crippen LogP contribution < -0.4 is 5.32 Å². The van der Waals surface area contributed by atoms with Crippen molar-refractivity contribution in [1.29, 1.82) is 0 Å². The second kappa shape index (κ2) is 6.02. The molecule has 0 radical (unpaired) electrons. The standard InChI is InChI=1S/C7H16FN/c1-3-7(2)9-6-4-5-8/h7,9H,3-6H2,1-2H3. The van der Waals surface area contributed by atoms with E-state index in [2.05, 4.69) is 19.2 Å². The molecule has 0 aromatic heterocycles. The van der Waals surface area contributed by atoms with E-state index in [0.717, 1.165) is 13.0 Å². The first-order valence-electron chi connectivity index (χ1n) is 3.60. The van der Waals surface area contributed by atoms with E-state index in [1.54, 1.807) is 0 Å². The van der Waals surface area contributed by atoms with Crippen LogP contribution in [0.5, 0.6) is 0 Å². The summed E-state index contributed by atoms with van der Waals surface area (Å²) in [7, 11) is 0. The molecule has 0 bridgehead atoms. The molecule has 0 aromatic carbocycles. The fraction of sp³-hybridized carbons (Fsp3) is 1.00. The van der Waals surface area contributed by atoms with E-state index in [4.69, 9.17) is 0 Å². The molecule has 2 heteroatoms. The maximum absolute atomic E-state index is 11.5. The summed E-state index contributed by atoms with van der Waals surface area (Å²) >= 11 is 0. The zero-order valence-corrected chi connectivity index (χ0v) is 6.28. The van der Waals surface area contributed by atoms with Crippen LogP contribution in [-0.4, -0.2) is 19.3 Å². The number of halogens is 1. The minimum atomic E-state index is -0.205. The molecule has 56 valence electrons. The maximum atomic E-state index is 11.5. The highest BCUT2D eigenvalue weighted by Crippen LogP contribution is 1.87. The van der Waals surface area contributed by atoms with Crippen molar-refractivity contribution in [2.75, 3.05) is 13.2 Å². The first kappa shape index (κ1) is 8.89. The SMILES string of the molecule is CCC(C)NCCCF. The molecule has 0 aromatic rings. The van der Waals surface area contributed by atoms with Gasteiger partial charge in [0.15, 0.2) is 0 Å². The van der Waals surface area contributed by atoms with Crippen molar-refractivity contribution in [3.8, 4) is 0 Å². The Morgan fingerprint density at radius 1 is 1.56 bits per heavy atom. The summed E-state index contributed by atoms with van der Waals surface area (Å²) in [6, 6.07) is 0.538. The fourth-order valence-corrected chi connectivity index (χ4v) is 0.560. The van der Waals surface area contributed by atoms with Gasteiger partial charge in [0, 0.05) is 6.04 Å². The van der Waals surface area contributed by atoms with Gasteiger partial charge in [0.2, 0.25) is 0 Å². The van der Waals surface area contributed by atoms with E-state index in [1.807, 2.05) is 0 Å². The molecule has 0 aliphatic carbocycles. The average Bonchev–Trinajstić information content (AvgIpc) is 1.89. The van der Waals surface area contributed by atoms with E-state index in [1.165, 1.54) is 0 Å². The summed E-state index contributed by atoms with van der Waals surface area (Å²) in [5, 5.41) is 3.19. The van der Waals surface area contributed by atoms with Gasteiger partial charge in [0.25, 0.3) is 0 Å². The van der Waals surface area contributed by atoms with Crippen molar-refractivity contribution in [1.82, 2.24) is 5.32 Å². The van der Waals surface area contributed by atoms with Crippen molar-refractivity contribution in [2.24, 2.45) is 0 Å². The summed E-state index contributed by atoms with van der Waals surface area (Å²) < 4.78 is 11.5. The van der Waals surface area contributed by atoms with E-state index >= 15 is 0 Å². The van der Waals surface area contributed by atoms with Crippen LogP contribution >= 0.6 is 0 Å². The van der Waals surface area contributed by atoms with Gasteiger partial charge in [-0.2, -0.15) is 0 Å². The number of alkyl halides is 1. The summed E-state index contributed by atoms with van der Waals surface area (Å²) in [5.74, 6) is 0.